The molecule has 0 spiro atoms. The Kier molecular flexibility index (Phi) is 4.32. The highest BCUT2D eigenvalue weighted by molar-refractivity contribution is 5.86. The Morgan fingerprint density at radius 1 is 1.47 bits per heavy atom. The number of anilines is 1. The topological polar surface area (TPSA) is 62.1 Å². The number of nitrogens with zero attached hydrogens (tertiary/aromatic N) is 1. The number of hydrogen-bond acceptors (Lipinski definition) is 3. The van der Waals surface area contributed by atoms with Gasteiger partial charge in [-0.2, -0.15) is 18.4 Å². The molecular weight excluding hydrogens is 268 g/mol. The minimum absolute atomic E-state index is 0.0246. The lowest BCUT2D eigenvalue weighted by Crippen LogP contribution is -2.16. The normalized spacial score (nSPS) is 10.7. The molecule has 0 fully saturated rings. The van der Waals surface area contributed by atoms with Crippen molar-refractivity contribution in [1.82, 2.24) is 0 Å². The molecule has 0 aliphatic heterocycles. The number of ether oxygens (including phenoxy) is 1. The van der Waals surface area contributed by atoms with Crippen LogP contribution in [-0.4, -0.2) is 12.7 Å². The van der Waals surface area contributed by atoms with Crippen molar-refractivity contribution in [1.29, 1.82) is 5.26 Å². The fourth-order valence-corrected chi connectivity index (χ4v) is 1.29. The van der Waals surface area contributed by atoms with Gasteiger partial charge >= 0.3 is 12.3 Å². The van der Waals surface area contributed by atoms with E-state index in [1.54, 1.807) is 0 Å². The molecule has 1 rings (SSSR count). The summed E-state index contributed by atoms with van der Waals surface area (Å²) in [5, 5.41) is 10.7. The van der Waals surface area contributed by atoms with Crippen molar-refractivity contribution < 1.29 is 27.1 Å². The largest absolute Gasteiger partial charge is 0.450 e. The lowest BCUT2D eigenvalue weighted by molar-refractivity contribution is -0.140. The van der Waals surface area contributed by atoms with E-state index in [9.17, 15) is 22.4 Å². The van der Waals surface area contributed by atoms with Gasteiger partial charge in [0.25, 0.3) is 0 Å². The SMILES string of the molecule is CCOC(=O)Nc1ccc(C(F)(F)F)c(F)c1C#N. The molecule has 0 radical (unpaired) electrons. The fourth-order valence-electron chi connectivity index (χ4n) is 1.29. The average molecular weight is 276 g/mol. The summed E-state index contributed by atoms with van der Waals surface area (Å²) < 4.78 is 55.3. The quantitative estimate of drug-likeness (QED) is 0.843. The molecule has 1 aromatic rings. The predicted octanol–water partition coefficient (Wildman–Crippen LogP) is 3.28. The first-order valence-corrected chi connectivity index (χ1v) is 5.04. The molecule has 1 N–H and O–H groups in total. The van der Waals surface area contributed by atoms with E-state index in [0.29, 0.717) is 6.07 Å². The second-order valence-electron chi connectivity index (χ2n) is 3.30. The number of rotatable bonds is 2. The lowest BCUT2D eigenvalue weighted by Gasteiger charge is -2.12. The molecule has 19 heavy (non-hydrogen) atoms. The third-order valence-electron chi connectivity index (χ3n) is 2.07. The smallest absolute Gasteiger partial charge is 0.419 e. The Bertz CT molecular complexity index is 535. The summed E-state index contributed by atoms with van der Waals surface area (Å²) >= 11 is 0. The molecule has 0 aromatic heterocycles. The number of carbonyl (C=O) groups excluding carboxylic acids is 1. The van der Waals surface area contributed by atoms with Crippen LogP contribution in [0.25, 0.3) is 0 Å². The molecular formula is C11H8F4N2O2. The lowest BCUT2D eigenvalue weighted by atomic mass is 10.1. The minimum atomic E-state index is -4.92. The molecule has 4 nitrogen and oxygen atoms in total. The van der Waals surface area contributed by atoms with Crippen LogP contribution < -0.4 is 5.32 Å². The van der Waals surface area contributed by atoms with E-state index in [4.69, 9.17) is 5.26 Å². The monoisotopic (exact) mass is 276 g/mol. The molecule has 0 aliphatic rings. The number of nitrogens with one attached hydrogen (secondary N) is 1. The van der Waals surface area contributed by atoms with E-state index < -0.39 is 29.2 Å². The fraction of sp³-hybridized carbons (Fsp3) is 0.273. The van der Waals surface area contributed by atoms with Gasteiger partial charge in [-0.1, -0.05) is 0 Å². The third-order valence-corrected chi connectivity index (χ3v) is 2.07. The van der Waals surface area contributed by atoms with Gasteiger partial charge in [0.15, 0.2) is 5.82 Å². The summed E-state index contributed by atoms with van der Waals surface area (Å²) in [5.41, 5.74) is -2.85. The van der Waals surface area contributed by atoms with Crippen LogP contribution in [0.4, 0.5) is 28.0 Å². The molecule has 102 valence electrons. The van der Waals surface area contributed by atoms with Gasteiger partial charge in [0.05, 0.1) is 17.9 Å². The number of carbonyl (C=O) groups is 1. The van der Waals surface area contributed by atoms with E-state index >= 15 is 0 Å². The summed E-state index contributed by atoms with van der Waals surface area (Å²) in [7, 11) is 0. The standard InChI is InChI=1S/C11H8F4N2O2/c1-2-19-10(18)17-8-4-3-7(11(13,14)15)9(12)6(8)5-16/h3-4H,2H2,1H3,(H,17,18). The van der Waals surface area contributed by atoms with Gasteiger partial charge in [0.2, 0.25) is 0 Å². The number of alkyl halides is 3. The van der Waals surface area contributed by atoms with Crippen LogP contribution in [0.1, 0.15) is 18.1 Å². The first kappa shape index (κ1) is 14.8. The zero-order valence-corrected chi connectivity index (χ0v) is 9.64. The van der Waals surface area contributed by atoms with Gasteiger partial charge in [-0.3, -0.25) is 5.32 Å². The summed E-state index contributed by atoms with van der Waals surface area (Å²) in [5.74, 6) is -1.73. The van der Waals surface area contributed by atoms with Crippen LogP contribution in [0.15, 0.2) is 12.1 Å². The Balaban J connectivity index is 3.21. The van der Waals surface area contributed by atoms with Crippen molar-refractivity contribution in [2.75, 3.05) is 11.9 Å². The first-order valence-electron chi connectivity index (χ1n) is 5.04. The van der Waals surface area contributed by atoms with Gasteiger partial charge in [-0.05, 0) is 19.1 Å². The number of halogens is 4. The molecule has 0 bridgehead atoms. The number of benzene rings is 1. The van der Waals surface area contributed by atoms with Crippen molar-refractivity contribution in [2.24, 2.45) is 0 Å². The van der Waals surface area contributed by atoms with Gasteiger partial charge in [0, 0.05) is 0 Å². The van der Waals surface area contributed by atoms with Crippen LogP contribution in [-0.2, 0) is 10.9 Å². The summed E-state index contributed by atoms with van der Waals surface area (Å²) in [4.78, 5) is 11.1. The zero-order chi connectivity index (χ0) is 14.6. The zero-order valence-electron chi connectivity index (χ0n) is 9.64. The number of nitriles is 1. The molecule has 1 aromatic carbocycles. The molecule has 1 amide bonds. The highest BCUT2D eigenvalue weighted by atomic mass is 19.4. The Morgan fingerprint density at radius 2 is 2.11 bits per heavy atom. The van der Waals surface area contributed by atoms with Gasteiger partial charge < -0.3 is 4.74 Å². The van der Waals surface area contributed by atoms with Crippen LogP contribution in [0.5, 0.6) is 0 Å². The van der Waals surface area contributed by atoms with E-state index in [-0.39, 0.29) is 12.3 Å². The van der Waals surface area contributed by atoms with Gasteiger partial charge in [-0.25, -0.2) is 9.18 Å². The highest BCUT2D eigenvalue weighted by Gasteiger charge is 2.35. The molecule has 0 atom stereocenters. The maximum absolute atomic E-state index is 13.5. The molecule has 8 heteroatoms. The maximum Gasteiger partial charge on any atom is 0.419 e. The maximum atomic E-state index is 13.5. The van der Waals surface area contributed by atoms with Gasteiger partial charge in [-0.15, -0.1) is 0 Å². The number of hydrogen-bond donors (Lipinski definition) is 1. The van der Waals surface area contributed by atoms with Crippen molar-refractivity contribution in [2.45, 2.75) is 13.1 Å². The van der Waals surface area contributed by atoms with Crippen molar-refractivity contribution >= 4 is 11.8 Å². The molecule has 0 saturated carbocycles. The summed E-state index contributed by atoms with van der Waals surface area (Å²) in [6.07, 6.45) is -5.91. The van der Waals surface area contributed by atoms with Crippen LogP contribution >= 0.6 is 0 Å². The second-order valence-corrected chi connectivity index (χ2v) is 3.30. The molecule has 0 heterocycles. The Labute approximate surface area is 105 Å². The van der Waals surface area contributed by atoms with E-state index in [2.05, 4.69) is 4.74 Å². The Hall–Kier alpha value is -2.30. The van der Waals surface area contributed by atoms with E-state index in [1.165, 1.54) is 13.0 Å². The number of amides is 1. The first-order chi connectivity index (χ1) is 8.81. The van der Waals surface area contributed by atoms with Gasteiger partial charge in [0.1, 0.15) is 11.6 Å². The van der Waals surface area contributed by atoms with Crippen LogP contribution in [0, 0.1) is 17.1 Å². The summed E-state index contributed by atoms with van der Waals surface area (Å²) in [6, 6.07) is 2.51. The molecule has 0 saturated heterocycles. The van der Waals surface area contributed by atoms with Crippen molar-refractivity contribution in [3.63, 3.8) is 0 Å². The average Bonchev–Trinajstić information content (AvgIpc) is 2.27. The predicted molar refractivity (Wildman–Crippen MR) is 56.8 cm³/mol. The van der Waals surface area contributed by atoms with Crippen LogP contribution in [0.3, 0.4) is 0 Å². The molecule has 0 aliphatic carbocycles. The van der Waals surface area contributed by atoms with Crippen molar-refractivity contribution in [3.8, 4) is 6.07 Å². The second kappa shape index (κ2) is 5.56. The van der Waals surface area contributed by atoms with E-state index in [0.717, 1.165) is 6.07 Å². The third kappa shape index (κ3) is 3.34. The minimum Gasteiger partial charge on any atom is -0.450 e. The van der Waals surface area contributed by atoms with Crippen molar-refractivity contribution in [3.05, 3.63) is 29.1 Å². The molecule has 0 unspecified atom stereocenters. The highest BCUT2D eigenvalue weighted by Crippen LogP contribution is 2.34. The van der Waals surface area contributed by atoms with E-state index in [1.807, 2.05) is 5.32 Å². The Morgan fingerprint density at radius 3 is 2.58 bits per heavy atom. The summed E-state index contributed by atoms with van der Waals surface area (Å²) in [6.45, 7) is 1.54. The van der Waals surface area contributed by atoms with Crippen LogP contribution in [0.2, 0.25) is 0 Å².